The number of hydrogen-bond acceptors (Lipinski definition) is 6. The molecule has 0 spiro atoms. The van der Waals surface area contributed by atoms with E-state index in [1.54, 1.807) is 34.5 Å². The van der Waals surface area contributed by atoms with Gasteiger partial charge in [0.25, 0.3) is 0 Å². The van der Waals surface area contributed by atoms with Crippen molar-refractivity contribution in [1.82, 2.24) is 24.0 Å². The minimum absolute atomic E-state index is 0.143. The second-order valence-electron chi connectivity index (χ2n) is 9.25. The highest BCUT2D eigenvalue weighted by Gasteiger charge is 2.24. The van der Waals surface area contributed by atoms with E-state index in [2.05, 4.69) is 14.9 Å². The quantitative estimate of drug-likeness (QED) is 0.293. The number of aromatic nitrogens is 4. The predicted molar refractivity (Wildman–Crippen MR) is 133 cm³/mol. The molecule has 1 aliphatic heterocycles. The molecular formula is C26H30FN5O3. The second kappa shape index (κ2) is 9.75. The molecule has 184 valence electrons. The van der Waals surface area contributed by atoms with Gasteiger partial charge in [-0.05, 0) is 63.5 Å². The molecule has 0 bridgehead atoms. The van der Waals surface area contributed by atoms with E-state index in [1.165, 1.54) is 0 Å². The Morgan fingerprint density at radius 3 is 2.83 bits per heavy atom. The van der Waals surface area contributed by atoms with Crippen LogP contribution in [0.3, 0.4) is 0 Å². The van der Waals surface area contributed by atoms with E-state index in [0.717, 1.165) is 48.6 Å². The third-order valence-electron chi connectivity index (χ3n) is 6.49. The topological polar surface area (TPSA) is 74.4 Å². The Kier molecular flexibility index (Phi) is 6.53. The number of hydrogen-bond donors (Lipinski definition) is 0. The Bertz CT molecular complexity index is 1420. The number of nitrogens with zero attached hydrogens (tertiary/aromatic N) is 5. The molecule has 5 rings (SSSR count). The maximum atomic E-state index is 15.0. The monoisotopic (exact) mass is 479 g/mol. The molecule has 1 aliphatic rings. The number of halogens is 1. The van der Waals surface area contributed by atoms with Gasteiger partial charge in [0, 0.05) is 37.2 Å². The highest BCUT2D eigenvalue weighted by atomic mass is 19.1. The maximum absolute atomic E-state index is 15.0. The van der Waals surface area contributed by atoms with E-state index < -0.39 is 5.95 Å². The lowest BCUT2D eigenvalue weighted by Crippen LogP contribution is -2.29. The molecule has 1 atom stereocenters. The van der Waals surface area contributed by atoms with Crippen molar-refractivity contribution in [3.8, 4) is 17.0 Å². The fourth-order valence-electron chi connectivity index (χ4n) is 4.66. The fourth-order valence-corrected chi connectivity index (χ4v) is 4.66. The lowest BCUT2D eigenvalue weighted by atomic mass is 10.0. The van der Waals surface area contributed by atoms with Crippen LogP contribution in [0.15, 0.2) is 41.3 Å². The average Bonchev–Trinajstić information content (AvgIpc) is 3.12. The molecule has 3 aromatic heterocycles. The van der Waals surface area contributed by atoms with Gasteiger partial charge in [-0.2, -0.15) is 9.37 Å². The number of imidazole rings is 1. The molecule has 4 heterocycles. The van der Waals surface area contributed by atoms with Gasteiger partial charge >= 0.3 is 5.69 Å². The van der Waals surface area contributed by atoms with Crippen LogP contribution in [0.5, 0.6) is 5.88 Å². The minimum atomic E-state index is -0.601. The summed E-state index contributed by atoms with van der Waals surface area (Å²) in [5.41, 5.74) is 3.08. The van der Waals surface area contributed by atoms with Gasteiger partial charge in [0.15, 0.2) is 0 Å². The molecule has 0 aliphatic carbocycles. The van der Waals surface area contributed by atoms with Gasteiger partial charge in [-0.1, -0.05) is 6.07 Å². The lowest BCUT2D eigenvalue weighted by molar-refractivity contribution is -0.0315. The summed E-state index contributed by atoms with van der Waals surface area (Å²) in [7, 11) is 5.73. The van der Waals surface area contributed by atoms with Gasteiger partial charge in [-0.15, -0.1) is 0 Å². The van der Waals surface area contributed by atoms with Crippen molar-refractivity contribution in [2.45, 2.75) is 31.9 Å². The summed E-state index contributed by atoms with van der Waals surface area (Å²) in [5, 5.41) is 0.773. The van der Waals surface area contributed by atoms with Crippen LogP contribution in [0.1, 0.15) is 31.9 Å². The van der Waals surface area contributed by atoms with E-state index in [-0.39, 0.29) is 17.8 Å². The van der Waals surface area contributed by atoms with Gasteiger partial charge in [-0.25, -0.2) is 4.79 Å². The largest absolute Gasteiger partial charge is 0.478 e. The van der Waals surface area contributed by atoms with E-state index >= 15 is 4.39 Å². The van der Waals surface area contributed by atoms with Crippen LogP contribution < -0.4 is 10.4 Å². The molecule has 1 saturated heterocycles. The Balaban J connectivity index is 1.54. The number of ether oxygens (including phenoxy) is 2. The maximum Gasteiger partial charge on any atom is 0.331 e. The number of pyridine rings is 2. The van der Waals surface area contributed by atoms with Crippen molar-refractivity contribution in [2.24, 2.45) is 7.05 Å². The zero-order valence-corrected chi connectivity index (χ0v) is 20.3. The molecule has 0 radical (unpaired) electrons. The number of aryl methyl sites for hydroxylation is 1. The summed E-state index contributed by atoms with van der Waals surface area (Å²) in [6.07, 6.45) is 4.98. The molecule has 0 amide bonds. The van der Waals surface area contributed by atoms with Crippen molar-refractivity contribution in [1.29, 1.82) is 0 Å². The molecule has 4 aromatic rings. The van der Waals surface area contributed by atoms with E-state index in [0.29, 0.717) is 29.9 Å². The van der Waals surface area contributed by atoms with Crippen molar-refractivity contribution in [3.05, 3.63) is 53.0 Å². The average molecular weight is 480 g/mol. The third kappa shape index (κ3) is 4.53. The Morgan fingerprint density at radius 2 is 2.09 bits per heavy atom. The summed E-state index contributed by atoms with van der Waals surface area (Å²) in [6.45, 7) is 1.98. The van der Waals surface area contributed by atoms with Crippen LogP contribution in [-0.2, 0) is 11.8 Å². The van der Waals surface area contributed by atoms with Crippen molar-refractivity contribution in [3.63, 3.8) is 0 Å². The molecule has 1 fully saturated rings. The lowest BCUT2D eigenvalue weighted by Gasteiger charge is -2.24. The summed E-state index contributed by atoms with van der Waals surface area (Å²) >= 11 is 0. The van der Waals surface area contributed by atoms with Crippen molar-refractivity contribution >= 4 is 21.9 Å². The molecular weight excluding hydrogens is 449 g/mol. The van der Waals surface area contributed by atoms with Crippen molar-refractivity contribution < 1.29 is 13.9 Å². The van der Waals surface area contributed by atoms with E-state index in [1.807, 2.05) is 32.3 Å². The predicted octanol–water partition coefficient (Wildman–Crippen LogP) is 4.12. The normalized spacial score (nSPS) is 16.4. The second-order valence-corrected chi connectivity index (χ2v) is 9.25. The summed E-state index contributed by atoms with van der Waals surface area (Å²) in [4.78, 5) is 23.8. The van der Waals surface area contributed by atoms with Gasteiger partial charge in [0.2, 0.25) is 11.8 Å². The van der Waals surface area contributed by atoms with Crippen LogP contribution in [0.25, 0.3) is 33.1 Å². The number of benzene rings is 1. The van der Waals surface area contributed by atoms with Gasteiger partial charge in [0.05, 0.1) is 29.4 Å². The van der Waals surface area contributed by atoms with Gasteiger partial charge in [0.1, 0.15) is 6.23 Å². The smallest absolute Gasteiger partial charge is 0.331 e. The molecule has 1 aromatic carbocycles. The molecule has 0 N–H and O–H groups in total. The first-order valence-corrected chi connectivity index (χ1v) is 12.0. The number of fused-ring (bicyclic) bond motifs is 3. The molecule has 35 heavy (non-hydrogen) atoms. The van der Waals surface area contributed by atoms with E-state index in [9.17, 15) is 4.79 Å². The molecule has 8 nitrogen and oxygen atoms in total. The molecule has 9 heteroatoms. The highest BCUT2D eigenvalue weighted by molar-refractivity contribution is 6.04. The fraction of sp³-hybridized carbons (Fsp3) is 0.423. The van der Waals surface area contributed by atoms with E-state index in [4.69, 9.17) is 9.47 Å². The summed E-state index contributed by atoms with van der Waals surface area (Å²) in [6, 6.07) is 8.91. The molecule has 0 saturated carbocycles. The van der Waals surface area contributed by atoms with Crippen LogP contribution in [0.2, 0.25) is 0 Å². The summed E-state index contributed by atoms with van der Waals surface area (Å²) < 4.78 is 29.9. The first-order chi connectivity index (χ1) is 16.9. The Morgan fingerprint density at radius 1 is 1.23 bits per heavy atom. The third-order valence-corrected chi connectivity index (χ3v) is 6.49. The Labute approximate surface area is 202 Å². The zero-order chi connectivity index (χ0) is 24.5. The summed E-state index contributed by atoms with van der Waals surface area (Å²) in [5.74, 6) is -0.336. The van der Waals surface area contributed by atoms with Crippen LogP contribution >= 0.6 is 0 Å². The zero-order valence-electron chi connectivity index (χ0n) is 20.3. The minimum Gasteiger partial charge on any atom is -0.478 e. The Hall–Kier alpha value is -3.30. The standard InChI is InChI=1S/C26H30FN5O3/c1-30(2)12-6-14-34-22-11-9-18(25(27)29-22)17-8-10-20-19(15-17)24-21(16-28-20)31(3)26(33)32(24)23-7-4-5-13-35-23/h8-11,15-16,23H,4-7,12-14H2,1-3H3. The van der Waals surface area contributed by atoms with Crippen LogP contribution in [-0.4, -0.2) is 57.9 Å². The number of rotatable bonds is 7. The van der Waals surface area contributed by atoms with Crippen LogP contribution in [0.4, 0.5) is 4.39 Å². The van der Waals surface area contributed by atoms with Crippen molar-refractivity contribution in [2.75, 3.05) is 33.9 Å². The molecule has 1 unspecified atom stereocenters. The highest BCUT2D eigenvalue weighted by Crippen LogP contribution is 2.33. The first-order valence-electron chi connectivity index (χ1n) is 12.0. The van der Waals surface area contributed by atoms with Crippen LogP contribution in [0, 0.1) is 5.95 Å². The van der Waals surface area contributed by atoms with Gasteiger partial charge in [-0.3, -0.25) is 14.1 Å². The SMILES string of the molecule is CN(C)CCCOc1ccc(-c2ccc3ncc4c(c3c2)n(C2CCCCO2)c(=O)n4C)c(F)n1. The van der Waals surface area contributed by atoms with Gasteiger partial charge < -0.3 is 14.4 Å². The first kappa shape index (κ1) is 23.4.